The van der Waals surface area contributed by atoms with Gasteiger partial charge >= 0.3 is 10.2 Å². The molecule has 6 rings (SSSR count). The Bertz CT molecular complexity index is 1930. The molecule has 4 aromatic rings. The summed E-state index contributed by atoms with van der Waals surface area (Å²) in [7, 11) is -9.87. The number of piperazine rings is 1. The van der Waals surface area contributed by atoms with E-state index in [4.69, 9.17) is 0 Å². The van der Waals surface area contributed by atoms with Gasteiger partial charge in [0.25, 0.3) is 5.56 Å². The first-order valence-corrected chi connectivity index (χ1v) is 17.0. The summed E-state index contributed by atoms with van der Waals surface area (Å²) in [6.07, 6.45) is 6.60. The number of halogens is 5. The van der Waals surface area contributed by atoms with Crippen LogP contribution in [0.5, 0.6) is 5.75 Å². The number of anilines is 2. The number of benzene rings is 1. The van der Waals surface area contributed by atoms with Crippen LogP contribution >= 0.6 is 10.2 Å². The number of aromatic nitrogens is 5. The van der Waals surface area contributed by atoms with Gasteiger partial charge in [-0.1, -0.05) is 31.9 Å². The van der Waals surface area contributed by atoms with Crippen molar-refractivity contribution < 1.29 is 29.3 Å². The molecule has 0 bridgehead atoms. The molecule has 11 nitrogen and oxygen atoms in total. The lowest BCUT2D eigenvalue weighted by atomic mass is 9.92. The lowest BCUT2D eigenvalue weighted by Crippen LogP contribution is -2.48. The number of rotatable bonds is 9. The number of fused-ring (bicyclic) bond motifs is 1. The normalized spacial score (nSPS) is 17.2. The number of hydrogen-bond acceptors (Lipinski definition) is 8. The van der Waals surface area contributed by atoms with E-state index in [0.717, 1.165) is 41.5 Å². The van der Waals surface area contributed by atoms with Gasteiger partial charge in [-0.25, -0.2) is 0 Å². The second kappa shape index (κ2) is 11.3. The fourth-order valence-corrected chi connectivity index (χ4v) is 6.40. The fraction of sp³-hybridized carbons (Fsp3) is 0.367. The Hall–Kier alpha value is -4.51. The molecule has 4 heterocycles. The van der Waals surface area contributed by atoms with Crippen LogP contribution in [0.15, 0.2) is 57.9 Å². The van der Waals surface area contributed by atoms with Gasteiger partial charge < -0.3 is 19.9 Å². The van der Waals surface area contributed by atoms with Crippen LogP contribution in [0, 0.1) is 0 Å². The quantitative estimate of drug-likeness (QED) is 0.215. The highest BCUT2D eigenvalue weighted by Crippen LogP contribution is 3.02. The Labute approximate surface area is 266 Å². The van der Waals surface area contributed by atoms with Crippen molar-refractivity contribution in [3.8, 4) is 5.75 Å². The van der Waals surface area contributed by atoms with E-state index in [-0.39, 0.29) is 35.9 Å². The minimum Gasteiger partial charge on any atom is -0.506 e. The van der Waals surface area contributed by atoms with Crippen LogP contribution in [-0.4, -0.2) is 66.2 Å². The van der Waals surface area contributed by atoms with Crippen molar-refractivity contribution in [2.75, 3.05) is 36.4 Å². The lowest BCUT2D eigenvalue weighted by Gasteiger charge is -2.40. The molecule has 3 aromatic heterocycles. The van der Waals surface area contributed by atoms with Crippen LogP contribution in [0.3, 0.4) is 0 Å². The first kappa shape index (κ1) is 32.4. The number of hydrogen-bond donors (Lipinski definition) is 2. The van der Waals surface area contributed by atoms with Crippen LogP contribution < -0.4 is 15.8 Å². The van der Waals surface area contributed by atoms with E-state index in [1.807, 2.05) is 17.9 Å². The molecule has 2 aliphatic rings. The van der Waals surface area contributed by atoms with Gasteiger partial charge in [0.15, 0.2) is 5.82 Å². The summed E-state index contributed by atoms with van der Waals surface area (Å²) >= 11 is 0. The van der Waals surface area contributed by atoms with E-state index in [0.29, 0.717) is 62.0 Å². The van der Waals surface area contributed by atoms with Gasteiger partial charge in [-0.15, -0.1) is 5.10 Å². The Balaban J connectivity index is 1.31. The Morgan fingerprint density at radius 3 is 2.34 bits per heavy atom. The van der Waals surface area contributed by atoms with Gasteiger partial charge in [-0.05, 0) is 68.2 Å². The predicted octanol–water partition coefficient (Wildman–Crippen LogP) is 5.74. The topological polar surface area (TPSA) is 121 Å². The molecule has 1 aliphatic heterocycles. The smallest absolute Gasteiger partial charge is 0.310 e. The van der Waals surface area contributed by atoms with Crippen molar-refractivity contribution in [1.82, 2.24) is 29.0 Å². The fourth-order valence-electron chi connectivity index (χ4n) is 5.75. The Morgan fingerprint density at radius 2 is 1.74 bits per heavy atom. The number of nitrogens with one attached hydrogen (secondary N) is 1. The van der Waals surface area contributed by atoms with E-state index < -0.39 is 26.6 Å². The van der Waals surface area contributed by atoms with Gasteiger partial charge in [0, 0.05) is 44.6 Å². The van der Waals surface area contributed by atoms with Crippen LogP contribution in [0.2, 0.25) is 0 Å². The van der Waals surface area contributed by atoms with Crippen LogP contribution in [0.1, 0.15) is 43.4 Å². The van der Waals surface area contributed by atoms with E-state index in [1.165, 1.54) is 0 Å². The summed E-state index contributed by atoms with van der Waals surface area (Å²) in [6, 6.07) is 5.22. The number of allylic oxidation sites excluding steroid dienone is 1. The zero-order valence-electron chi connectivity index (χ0n) is 25.4. The largest absolute Gasteiger partial charge is 0.506 e. The predicted molar refractivity (Wildman–Crippen MR) is 168 cm³/mol. The van der Waals surface area contributed by atoms with Crippen molar-refractivity contribution in [1.29, 1.82) is 0 Å². The number of aromatic hydroxyl groups is 1. The summed E-state index contributed by atoms with van der Waals surface area (Å²) in [6.45, 7) is 3.90. The molecule has 1 aliphatic carbocycles. The summed E-state index contributed by atoms with van der Waals surface area (Å²) in [4.78, 5) is 38.0. The number of pyridine rings is 1. The lowest BCUT2D eigenvalue weighted by molar-refractivity contribution is -0.116. The second-order valence-electron chi connectivity index (χ2n) is 11.7. The summed E-state index contributed by atoms with van der Waals surface area (Å²) in [5, 5.41) is 17.1. The molecular formula is C30H33F5N8O3S. The molecule has 1 aromatic carbocycles. The monoisotopic (exact) mass is 680 g/mol. The first-order chi connectivity index (χ1) is 22.1. The van der Waals surface area contributed by atoms with E-state index in [1.54, 1.807) is 22.9 Å². The van der Waals surface area contributed by atoms with E-state index >= 15 is 0 Å². The summed E-state index contributed by atoms with van der Waals surface area (Å²) in [5.74, 6) is -0.128. The summed E-state index contributed by atoms with van der Waals surface area (Å²) < 4.78 is 68.6. The molecule has 1 saturated carbocycles. The van der Waals surface area contributed by atoms with Gasteiger partial charge in [-0.2, -0.15) is 9.50 Å². The molecule has 1 saturated heterocycles. The van der Waals surface area contributed by atoms with Crippen molar-refractivity contribution in [3.05, 3.63) is 75.7 Å². The Morgan fingerprint density at radius 1 is 1.04 bits per heavy atom. The molecule has 0 spiro atoms. The van der Waals surface area contributed by atoms with Gasteiger partial charge in [0.1, 0.15) is 22.9 Å². The van der Waals surface area contributed by atoms with Crippen LogP contribution in [0.4, 0.5) is 30.8 Å². The van der Waals surface area contributed by atoms with Crippen molar-refractivity contribution in [2.45, 2.75) is 50.6 Å². The molecule has 2 fully saturated rings. The molecule has 0 unspecified atom stereocenters. The van der Waals surface area contributed by atoms with Crippen LogP contribution in [0.25, 0.3) is 11.9 Å². The third-order valence-corrected chi connectivity index (χ3v) is 9.48. The van der Waals surface area contributed by atoms with Gasteiger partial charge in [0.05, 0.1) is 11.4 Å². The molecule has 0 radical (unpaired) electrons. The number of carbonyl (C=O) groups is 1. The standard InChI is InChI=1S/C30H33F5N8O3S/c1-2-24-28(41-15-13-40(14-16-41)18-23-25(44)7-4-12-36-23)29(46)43-30(38-26(39-43)17-20-5-3-6-20)42(24)19-27(45)37-21-8-10-22(11-9-21)47(31,32,33,34)35/h4,7-12,17,44H,2-3,5-6,13-16,18-19H2,1H3,(H,37,45). The average molecular weight is 681 g/mol. The third-order valence-electron chi connectivity index (χ3n) is 8.32. The highest BCUT2D eigenvalue weighted by molar-refractivity contribution is 8.45. The molecule has 47 heavy (non-hydrogen) atoms. The zero-order chi connectivity index (χ0) is 33.6. The van der Waals surface area contributed by atoms with Gasteiger partial charge in [-0.3, -0.25) is 19.5 Å². The van der Waals surface area contributed by atoms with Crippen molar-refractivity contribution in [3.63, 3.8) is 0 Å². The van der Waals surface area contributed by atoms with E-state index in [2.05, 4.69) is 25.3 Å². The Kier molecular flexibility index (Phi) is 7.82. The summed E-state index contributed by atoms with van der Waals surface area (Å²) in [5.41, 5.74) is 2.04. The number of carbonyl (C=O) groups excluding carboxylic acids is 1. The minimum atomic E-state index is -9.87. The second-order valence-corrected chi connectivity index (χ2v) is 14.1. The maximum absolute atomic E-state index is 14.0. The van der Waals surface area contributed by atoms with Crippen molar-refractivity contribution >= 4 is 39.4 Å². The molecular weight excluding hydrogens is 647 g/mol. The molecule has 252 valence electrons. The first-order valence-electron chi connectivity index (χ1n) is 15.1. The molecule has 1 amide bonds. The minimum absolute atomic E-state index is 0.101. The van der Waals surface area contributed by atoms with Crippen LogP contribution in [-0.2, 0) is 24.3 Å². The molecule has 17 heteroatoms. The molecule has 0 atom stereocenters. The van der Waals surface area contributed by atoms with E-state index in [9.17, 15) is 34.1 Å². The van der Waals surface area contributed by atoms with Crippen molar-refractivity contribution in [2.24, 2.45) is 0 Å². The third kappa shape index (κ3) is 6.95. The molecule has 2 N–H and O–H groups in total. The van der Waals surface area contributed by atoms with Gasteiger partial charge in [0.2, 0.25) is 11.7 Å². The number of nitrogens with zero attached hydrogens (tertiary/aromatic N) is 7. The number of amides is 1. The maximum Gasteiger partial charge on any atom is 0.310 e. The SMILES string of the molecule is CCc1c(N2CCN(Cc3ncccc3O)CC2)c(=O)n2nc(C=C3CCC3)nc2n1CC(=O)Nc1ccc(S(F)(F)(F)(F)F)cc1. The average Bonchev–Trinajstić information content (AvgIpc) is 3.42. The highest BCUT2D eigenvalue weighted by Gasteiger charge is 2.65. The zero-order valence-corrected chi connectivity index (χ0v) is 26.2. The maximum atomic E-state index is 14.0. The highest BCUT2D eigenvalue weighted by atomic mass is 32.5.